The van der Waals surface area contributed by atoms with Crippen molar-refractivity contribution in [3.05, 3.63) is 59.7 Å². The molecule has 0 aliphatic rings. The Labute approximate surface area is 147 Å². The smallest absolute Gasteiger partial charge is 0.339 e. The largest absolute Gasteiger partial charge is 0.452 e. The van der Waals surface area contributed by atoms with Crippen molar-refractivity contribution in [3.8, 4) is 6.07 Å². The third kappa shape index (κ3) is 5.26. The molecule has 0 aliphatic carbocycles. The molecule has 0 unspecified atom stereocenters. The van der Waals surface area contributed by atoms with Gasteiger partial charge in [-0.05, 0) is 29.8 Å². The molecule has 2 rings (SSSR count). The lowest BCUT2D eigenvalue weighted by Crippen LogP contribution is -2.21. The van der Waals surface area contributed by atoms with Crippen molar-refractivity contribution >= 4 is 28.4 Å². The first-order valence-electron chi connectivity index (χ1n) is 7.36. The van der Waals surface area contributed by atoms with E-state index in [4.69, 9.17) is 10.00 Å². The van der Waals surface area contributed by atoms with E-state index in [1.165, 1.54) is 12.3 Å². The van der Waals surface area contributed by atoms with Gasteiger partial charge in [0, 0.05) is 11.9 Å². The third-order valence-corrected chi connectivity index (χ3v) is 4.25. The number of hydrogen-bond acceptors (Lipinski definition) is 5. The number of nitrogens with one attached hydrogen (secondary N) is 1. The molecule has 0 aliphatic heterocycles. The summed E-state index contributed by atoms with van der Waals surface area (Å²) < 4.78 is 16.6. The average Bonchev–Trinajstić information content (AvgIpc) is 2.61. The fourth-order valence-corrected chi connectivity index (χ4v) is 2.82. The number of hydrogen-bond donors (Lipinski definition) is 1. The van der Waals surface area contributed by atoms with Gasteiger partial charge in [-0.25, -0.2) is 4.79 Å². The number of nitriles is 1. The maximum Gasteiger partial charge on any atom is 0.339 e. The minimum absolute atomic E-state index is 0.178. The van der Waals surface area contributed by atoms with Crippen LogP contribution in [0.3, 0.4) is 0 Å². The van der Waals surface area contributed by atoms with Gasteiger partial charge in [-0.1, -0.05) is 24.3 Å². The number of benzene rings is 2. The SMILES string of the molecule is C[S@@](=O)c1ccccc1C(=O)OCC(=O)Nc1ccc(CC#N)cc1. The van der Waals surface area contributed by atoms with Gasteiger partial charge in [0.15, 0.2) is 6.61 Å². The van der Waals surface area contributed by atoms with Crippen molar-refractivity contribution in [2.24, 2.45) is 0 Å². The maximum absolute atomic E-state index is 12.1. The van der Waals surface area contributed by atoms with E-state index in [0.717, 1.165) is 5.56 Å². The van der Waals surface area contributed by atoms with Crippen molar-refractivity contribution in [2.45, 2.75) is 11.3 Å². The fraction of sp³-hybridized carbons (Fsp3) is 0.167. The molecular weight excluding hydrogens is 340 g/mol. The molecule has 0 radical (unpaired) electrons. The molecule has 25 heavy (non-hydrogen) atoms. The molecule has 0 spiro atoms. The summed E-state index contributed by atoms with van der Waals surface area (Å²) in [6, 6.07) is 15.2. The van der Waals surface area contributed by atoms with Gasteiger partial charge in [0.1, 0.15) is 0 Å². The fourth-order valence-electron chi connectivity index (χ4n) is 2.09. The van der Waals surface area contributed by atoms with Crippen LogP contribution in [0.25, 0.3) is 0 Å². The van der Waals surface area contributed by atoms with Crippen LogP contribution in [0.4, 0.5) is 5.69 Å². The Morgan fingerprint density at radius 2 is 1.84 bits per heavy atom. The number of nitrogens with zero attached hydrogens (tertiary/aromatic N) is 1. The Morgan fingerprint density at radius 3 is 2.48 bits per heavy atom. The van der Waals surface area contributed by atoms with Crippen LogP contribution in [0.1, 0.15) is 15.9 Å². The second kappa shape index (κ2) is 8.76. The molecule has 2 aromatic rings. The Kier molecular flexibility index (Phi) is 6.43. The van der Waals surface area contributed by atoms with Gasteiger partial charge in [-0.3, -0.25) is 9.00 Å². The molecule has 0 heterocycles. The van der Waals surface area contributed by atoms with Gasteiger partial charge in [-0.15, -0.1) is 0 Å². The Bertz CT molecular complexity index is 841. The lowest BCUT2D eigenvalue weighted by molar-refractivity contribution is -0.119. The molecule has 1 atom stereocenters. The van der Waals surface area contributed by atoms with Gasteiger partial charge < -0.3 is 10.1 Å². The van der Waals surface area contributed by atoms with E-state index in [-0.39, 0.29) is 5.56 Å². The lowest BCUT2D eigenvalue weighted by atomic mass is 10.1. The Balaban J connectivity index is 1.93. The van der Waals surface area contributed by atoms with Gasteiger partial charge in [0.2, 0.25) is 0 Å². The zero-order valence-electron chi connectivity index (χ0n) is 13.5. The van der Waals surface area contributed by atoms with Gasteiger partial charge in [0.25, 0.3) is 5.91 Å². The molecule has 1 N–H and O–H groups in total. The van der Waals surface area contributed by atoms with E-state index in [0.29, 0.717) is 17.0 Å². The summed E-state index contributed by atoms with van der Waals surface area (Å²) in [5.74, 6) is -1.19. The van der Waals surface area contributed by atoms with Crippen LogP contribution in [0.2, 0.25) is 0 Å². The quantitative estimate of drug-likeness (QED) is 0.801. The molecule has 128 valence electrons. The minimum Gasteiger partial charge on any atom is -0.452 e. The van der Waals surface area contributed by atoms with Crippen molar-refractivity contribution in [1.29, 1.82) is 5.26 Å². The van der Waals surface area contributed by atoms with Crippen molar-refractivity contribution in [1.82, 2.24) is 0 Å². The number of esters is 1. The van der Waals surface area contributed by atoms with Crippen LogP contribution in [0.5, 0.6) is 0 Å². The molecule has 7 heteroatoms. The van der Waals surface area contributed by atoms with E-state index in [9.17, 15) is 13.8 Å². The molecule has 0 fully saturated rings. The molecule has 6 nitrogen and oxygen atoms in total. The minimum atomic E-state index is -1.34. The van der Waals surface area contributed by atoms with Crippen LogP contribution in [-0.4, -0.2) is 28.9 Å². The summed E-state index contributed by atoms with van der Waals surface area (Å²) >= 11 is 0. The summed E-state index contributed by atoms with van der Waals surface area (Å²) in [4.78, 5) is 24.3. The summed E-state index contributed by atoms with van der Waals surface area (Å²) in [5.41, 5.74) is 1.56. The lowest BCUT2D eigenvalue weighted by Gasteiger charge is -2.09. The highest BCUT2D eigenvalue weighted by atomic mass is 32.2. The van der Waals surface area contributed by atoms with Crippen LogP contribution in [-0.2, 0) is 26.8 Å². The van der Waals surface area contributed by atoms with Crippen molar-refractivity contribution < 1.29 is 18.5 Å². The molecule has 0 aromatic heterocycles. The number of anilines is 1. The highest BCUT2D eigenvalue weighted by molar-refractivity contribution is 7.84. The average molecular weight is 356 g/mol. The second-order valence-corrected chi connectivity index (χ2v) is 6.45. The number of rotatable bonds is 6. The van der Waals surface area contributed by atoms with E-state index in [2.05, 4.69) is 5.32 Å². The van der Waals surface area contributed by atoms with Crippen LogP contribution in [0.15, 0.2) is 53.4 Å². The van der Waals surface area contributed by atoms with Gasteiger partial charge in [-0.2, -0.15) is 5.26 Å². The van der Waals surface area contributed by atoms with Gasteiger partial charge >= 0.3 is 5.97 Å². The predicted molar refractivity (Wildman–Crippen MR) is 93.4 cm³/mol. The first kappa shape index (κ1) is 18.4. The number of ether oxygens (including phenoxy) is 1. The summed E-state index contributed by atoms with van der Waals surface area (Å²) in [6.45, 7) is -0.455. The standard InChI is InChI=1S/C18H16N2O4S/c1-25(23)16-5-3-2-4-15(16)18(22)24-12-17(21)20-14-8-6-13(7-9-14)10-11-19/h2-9H,10,12H2,1H3,(H,20,21)/t25-/m1/s1. The Hall–Kier alpha value is -2.98. The van der Waals surface area contributed by atoms with E-state index >= 15 is 0 Å². The topological polar surface area (TPSA) is 96.3 Å². The molecule has 2 aromatic carbocycles. The summed E-state index contributed by atoms with van der Waals surface area (Å²) in [6.07, 6.45) is 1.76. The monoisotopic (exact) mass is 356 g/mol. The first-order chi connectivity index (χ1) is 12.0. The molecule has 0 saturated heterocycles. The maximum atomic E-state index is 12.1. The highest BCUT2D eigenvalue weighted by Crippen LogP contribution is 2.14. The van der Waals surface area contributed by atoms with E-state index in [1.807, 2.05) is 6.07 Å². The number of amides is 1. The molecule has 1 amide bonds. The zero-order valence-corrected chi connectivity index (χ0v) is 14.3. The van der Waals surface area contributed by atoms with Crippen molar-refractivity contribution in [2.75, 3.05) is 18.2 Å². The number of carbonyl (C=O) groups is 2. The van der Waals surface area contributed by atoms with Crippen LogP contribution >= 0.6 is 0 Å². The zero-order chi connectivity index (χ0) is 18.2. The molecular formula is C18H16N2O4S. The second-order valence-electron chi connectivity index (χ2n) is 5.11. The van der Waals surface area contributed by atoms with Crippen molar-refractivity contribution in [3.63, 3.8) is 0 Å². The Morgan fingerprint density at radius 1 is 1.16 bits per heavy atom. The normalized spacial score (nSPS) is 11.2. The highest BCUT2D eigenvalue weighted by Gasteiger charge is 2.16. The molecule has 0 bridgehead atoms. The van der Waals surface area contributed by atoms with E-state index < -0.39 is 29.3 Å². The van der Waals surface area contributed by atoms with Crippen LogP contribution < -0.4 is 5.32 Å². The van der Waals surface area contributed by atoms with Crippen LogP contribution in [0, 0.1) is 11.3 Å². The number of carbonyl (C=O) groups excluding carboxylic acids is 2. The summed E-state index contributed by atoms with van der Waals surface area (Å²) in [7, 11) is -1.34. The third-order valence-electron chi connectivity index (χ3n) is 3.27. The van der Waals surface area contributed by atoms with Gasteiger partial charge in [0.05, 0.1) is 33.7 Å². The predicted octanol–water partition coefficient (Wildman–Crippen LogP) is 2.29. The first-order valence-corrected chi connectivity index (χ1v) is 8.92. The summed E-state index contributed by atoms with van der Waals surface area (Å²) in [5, 5.41) is 11.2. The molecule has 0 saturated carbocycles. The van der Waals surface area contributed by atoms with E-state index in [1.54, 1.807) is 42.5 Å².